The van der Waals surface area contributed by atoms with Crippen molar-refractivity contribution >= 4 is 17.8 Å². The topological polar surface area (TPSA) is 63.7 Å². The quantitative estimate of drug-likeness (QED) is 0.349. The van der Waals surface area contributed by atoms with E-state index < -0.39 is 17.8 Å². The standard InChI is InChI=1S/C13H9NO4/c1-3-18-13(17)8(2)14-11(15)9-6-4-5-7-10(9)12(14)16/h3-7H,1-2H2. The molecule has 0 fully saturated rings. The van der Waals surface area contributed by atoms with E-state index in [1.54, 1.807) is 12.1 Å². The van der Waals surface area contributed by atoms with Gasteiger partial charge in [0.1, 0.15) is 5.70 Å². The Morgan fingerprint density at radius 3 is 2.11 bits per heavy atom. The number of hydrogen-bond acceptors (Lipinski definition) is 4. The van der Waals surface area contributed by atoms with E-state index in [9.17, 15) is 14.4 Å². The van der Waals surface area contributed by atoms with Gasteiger partial charge in [-0.2, -0.15) is 0 Å². The van der Waals surface area contributed by atoms with Crippen LogP contribution in [0.4, 0.5) is 0 Å². The van der Waals surface area contributed by atoms with Gasteiger partial charge < -0.3 is 4.74 Å². The summed E-state index contributed by atoms with van der Waals surface area (Å²) in [5.74, 6) is -2.05. The molecule has 5 nitrogen and oxygen atoms in total. The molecule has 0 saturated carbocycles. The minimum Gasteiger partial charge on any atom is -0.430 e. The summed E-state index contributed by atoms with van der Waals surface area (Å²) in [7, 11) is 0. The molecule has 1 aliphatic rings. The first-order valence-corrected chi connectivity index (χ1v) is 5.06. The summed E-state index contributed by atoms with van der Waals surface area (Å²) in [6.45, 7) is 6.62. The van der Waals surface area contributed by atoms with E-state index in [-0.39, 0.29) is 16.8 Å². The second kappa shape index (κ2) is 4.29. The number of esters is 1. The predicted molar refractivity (Wildman–Crippen MR) is 62.4 cm³/mol. The Morgan fingerprint density at radius 1 is 1.17 bits per heavy atom. The smallest absolute Gasteiger partial charge is 0.359 e. The molecule has 0 aromatic heterocycles. The van der Waals surface area contributed by atoms with E-state index in [2.05, 4.69) is 17.9 Å². The Bertz CT molecular complexity index is 553. The van der Waals surface area contributed by atoms with Crippen LogP contribution in [-0.4, -0.2) is 22.7 Å². The van der Waals surface area contributed by atoms with Crippen molar-refractivity contribution < 1.29 is 19.1 Å². The zero-order chi connectivity index (χ0) is 13.3. The van der Waals surface area contributed by atoms with Crippen LogP contribution in [0, 0.1) is 0 Å². The molecule has 1 aromatic rings. The highest BCUT2D eigenvalue weighted by Gasteiger charge is 2.39. The van der Waals surface area contributed by atoms with Crippen LogP contribution in [0.3, 0.4) is 0 Å². The highest BCUT2D eigenvalue weighted by molar-refractivity contribution is 6.24. The van der Waals surface area contributed by atoms with Crippen molar-refractivity contribution in [3.05, 3.63) is 60.5 Å². The summed E-state index contributed by atoms with van der Waals surface area (Å²) in [6, 6.07) is 6.31. The van der Waals surface area contributed by atoms with Gasteiger partial charge in [-0.1, -0.05) is 25.3 Å². The number of carbonyl (C=O) groups excluding carboxylic acids is 3. The molecule has 0 radical (unpaired) electrons. The lowest BCUT2D eigenvalue weighted by atomic mass is 10.1. The second-order valence-electron chi connectivity index (χ2n) is 3.51. The molecule has 2 rings (SSSR count). The number of carbonyl (C=O) groups is 3. The number of rotatable bonds is 3. The van der Waals surface area contributed by atoms with Crippen LogP contribution in [0.15, 0.2) is 49.4 Å². The normalized spacial score (nSPS) is 13.2. The Morgan fingerprint density at radius 2 is 1.67 bits per heavy atom. The summed E-state index contributed by atoms with van der Waals surface area (Å²) < 4.78 is 4.49. The molecule has 1 aromatic carbocycles. The highest BCUT2D eigenvalue weighted by Crippen LogP contribution is 2.25. The van der Waals surface area contributed by atoms with Crippen molar-refractivity contribution in [3.8, 4) is 0 Å². The summed E-state index contributed by atoms with van der Waals surface area (Å²) in [5, 5.41) is 0. The zero-order valence-electron chi connectivity index (χ0n) is 9.38. The van der Waals surface area contributed by atoms with Crippen LogP contribution < -0.4 is 0 Å². The Balaban J connectivity index is 2.37. The predicted octanol–water partition coefficient (Wildman–Crippen LogP) is 1.48. The third-order valence-corrected chi connectivity index (χ3v) is 2.49. The maximum absolute atomic E-state index is 12.0. The lowest BCUT2D eigenvalue weighted by Gasteiger charge is -2.14. The van der Waals surface area contributed by atoms with Crippen molar-refractivity contribution in [2.45, 2.75) is 0 Å². The van der Waals surface area contributed by atoms with Crippen LogP contribution in [0.1, 0.15) is 20.7 Å². The van der Waals surface area contributed by atoms with E-state index in [4.69, 9.17) is 0 Å². The number of amides is 2. The molecule has 18 heavy (non-hydrogen) atoms. The second-order valence-corrected chi connectivity index (χ2v) is 3.51. The number of hydrogen-bond donors (Lipinski definition) is 0. The molecule has 5 heteroatoms. The molecule has 2 amide bonds. The molecule has 0 bridgehead atoms. The fourth-order valence-corrected chi connectivity index (χ4v) is 1.67. The Kier molecular flexibility index (Phi) is 2.81. The summed E-state index contributed by atoms with van der Waals surface area (Å²) in [6.07, 6.45) is 0.908. The molecular weight excluding hydrogens is 234 g/mol. The molecule has 0 aliphatic carbocycles. The van der Waals surface area contributed by atoms with Crippen LogP contribution in [0.25, 0.3) is 0 Å². The van der Waals surface area contributed by atoms with Gasteiger partial charge in [0, 0.05) is 0 Å². The van der Waals surface area contributed by atoms with Gasteiger partial charge in [-0.05, 0) is 12.1 Å². The van der Waals surface area contributed by atoms with Crippen LogP contribution in [0.5, 0.6) is 0 Å². The monoisotopic (exact) mass is 243 g/mol. The van der Waals surface area contributed by atoms with E-state index >= 15 is 0 Å². The lowest BCUT2D eigenvalue weighted by molar-refractivity contribution is -0.134. The van der Waals surface area contributed by atoms with Crippen LogP contribution in [-0.2, 0) is 9.53 Å². The molecule has 0 atom stereocenters. The molecule has 1 heterocycles. The van der Waals surface area contributed by atoms with Gasteiger partial charge in [0.15, 0.2) is 0 Å². The molecule has 1 aliphatic heterocycles. The summed E-state index contributed by atoms with van der Waals surface area (Å²) in [5.41, 5.74) is 0.159. The maximum Gasteiger partial charge on any atom is 0.359 e. The molecule has 0 unspecified atom stereocenters. The number of imide groups is 1. The van der Waals surface area contributed by atoms with Crippen molar-refractivity contribution in [1.82, 2.24) is 4.90 Å². The highest BCUT2D eigenvalue weighted by atomic mass is 16.5. The summed E-state index contributed by atoms with van der Waals surface area (Å²) >= 11 is 0. The van der Waals surface area contributed by atoms with E-state index in [0.29, 0.717) is 4.90 Å². The third-order valence-electron chi connectivity index (χ3n) is 2.49. The third kappa shape index (κ3) is 1.62. The zero-order valence-corrected chi connectivity index (χ0v) is 9.38. The molecular formula is C13H9NO4. The van der Waals surface area contributed by atoms with Crippen molar-refractivity contribution in [2.24, 2.45) is 0 Å². The number of nitrogens with zero attached hydrogens (tertiary/aromatic N) is 1. The lowest BCUT2D eigenvalue weighted by Crippen LogP contribution is -2.32. The number of ether oxygens (including phenoxy) is 1. The van der Waals surface area contributed by atoms with Gasteiger partial charge in [-0.15, -0.1) is 0 Å². The van der Waals surface area contributed by atoms with E-state index in [1.165, 1.54) is 12.1 Å². The Labute approximate surface area is 103 Å². The largest absolute Gasteiger partial charge is 0.430 e. The minimum atomic E-state index is -0.889. The van der Waals surface area contributed by atoms with E-state index in [1.807, 2.05) is 0 Å². The van der Waals surface area contributed by atoms with Crippen LogP contribution >= 0.6 is 0 Å². The summed E-state index contributed by atoms with van der Waals surface area (Å²) in [4.78, 5) is 36.1. The first-order valence-electron chi connectivity index (χ1n) is 5.06. The van der Waals surface area contributed by atoms with Gasteiger partial charge >= 0.3 is 5.97 Å². The average Bonchev–Trinajstić information content (AvgIpc) is 2.62. The molecule has 0 saturated heterocycles. The fourth-order valence-electron chi connectivity index (χ4n) is 1.67. The van der Waals surface area contributed by atoms with Gasteiger partial charge in [-0.3, -0.25) is 9.59 Å². The van der Waals surface area contributed by atoms with E-state index in [0.717, 1.165) is 6.26 Å². The van der Waals surface area contributed by atoms with Gasteiger partial charge in [-0.25, -0.2) is 9.69 Å². The van der Waals surface area contributed by atoms with Crippen molar-refractivity contribution in [1.29, 1.82) is 0 Å². The van der Waals surface area contributed by atoms with Crippen molar-refractivity contribution in [2.75, 3.05) is 0 Å². The Hall–Kier alpha value is -2.69. The molecule has 0 N–H and O–H groups in total. The first kappa shape index (κ1) is 11.8. The first-order chi connectivity index (χ1) is 8.57. The molecule has 90 valence electrons. The fraction of sp³-hybridized carbons (Fsp3) is 0. The van der Waals surface area contributed by atoms with Gasteiger partial charge in [0.25, 0.3) is 11.8 Å². The average molecular weight is 243 g/mol. The maximum atomic E-state index is 12.0. The van der Waals surface area contributed by atoms with Crippen LogP contribution in [0.2, 0.25) is 0 Å². The SMILES string of the molecule is C=COC(=O)C(=C)N1C(=O)c2ccccc2C1=O. The number of benzene rings is 1. The van der Waals surface area contributed by atoms with Crippen molar-refractivity contribution in [3.63, 3.8) is 0 Å². The molecule has 0 spiro atoms. The van der Waals surface area contributed by atoms with Gasteiger partial charge in [0.2, 0.25) is 0 Å². The minimum absolute atomic E-state index is 0.245. The number of fused-ring (bicyclic) bond motifs is 1. The van der Waals surface area contributed by atoms with Gasteiger partial charge in [0.05, 0.1) is 17.4 Å².